The van der Waals surface area contributed by atoms with Crippen LogP contribution < -0.4 is 9.46 Å². The van der Waals surface area contributed by atoms with E-state index in [0.717, 1.165) is 16.9 Å². The van der Waals surface area contributed by atoms with Crippen LogP contribution in [-0.4, -0.2) is 46.6 Å². The van der Waals surface area contributed by atoms with E-state index in [1.54, 1.807) is 30.3 Å². The van der Waals surface area contributed by atoms with Gasteiger partial charge in [0.25, 0.3) is 0 Å². The summed E-state index contributed by atoms with van der Waals surface area (Å²) in [6, 6.07) is 13.3. The van der Waals surface area contributed by atoms with Crippen molar-refractivity contribution >= 4 is 31.4 Å². The molecule has 1 aliphatic rings. The van der Waals surface area contributed by atoms with Crippen LogP contribution in [0.25, 0.3) is 0 Å². The number of anilines is 1. The van der Waals surface area contributed by atoms with Gasteiger partial charge in [0.2, 0.25) is 20.0 Å². The van der Waals surface area contributed by atoms with E-state index in [4.69, 9.17) is 4.74 Å². The molecule has 1 aliphatic heterocycles. The number of methoxy groups -OCH3 is 1. The molecule has 1 atom stereocenters. The van der Waals surface area contributed by atoms with Crippen LogP contribution in [0.1, 0.15) is 23.6 Å². The number of rotatable bonds is 6. The van der Waals surface area contributed by atoms with E-state index in [1.807, 2.05) is 18.2 Å². The minimum Gasteiger partial charge on any atom is -0.496 e. The number of hydrogen-bond acceptors (Lipinski definition) is 6. The molecule has 2 aromatic rings. The first kappa shape index (κ1) is 20.2. The lowest BCUT2D eigenvalue weighted by molar-refractivity contribution is 0.352. The Balaban J connectivity index is 2.01. The third-order valence-electron chi connectivity index (χ3n) is 4.21. The van der Waals surface area contributed by atoms with Crippen molar-refractivity contribution < 1.29 is 21.6 Å². The summed E-state index contributed by atoms with van der Waals surface area (Å²) in [4.78, 5) is 0. The predicted octanol–water partition coefficient (Wildman–Crippen LogP) is 2.18. The Kier molecular flexibility index (Phi) is 5.35. The molecule has 0 saturated heterocycles. The lowest BCUT2D eigenvalue weighted by Crippen LogP contribution is -2.26. The third kappa shape index (κ3) is 4.45. The van der Waals surface area contributed by atoms with E-state index >= 15 is 0 Å². The number of para-hydroxylation sites is 1. The van der Waals surface area contributed by atoms with Gasteiger partial charge in [0.15, 0.2) is 0 Å². The van der Waals surface area contributed by atoms with Gasteiger partial charge < -0.3 is 4.74 Å². The van der Waals surface area contributed by atoms with Crippen LogP contribution in [-0.2, 0) is 20.0 Å². The number of nitrogens with one attached hydrogen (secondary N) is 1. The second-order valence-electron chi connectivity index (χ2n) is 6.50. The topological polar surface area (TPSA) is 105 Å². The van der Waals surface area contributed by atoms with Gasteiger partial charge in [-0.2, -0.15) is 9.52 Å². The minimum atomic E-state index is -3.63. The van der Waals surface area contributed by atoms with Crippen LogP contribution in [0, 0.1) is 0 Å². The summed E-state index contributed by atoms with van der Waals surface area (Å²) >= 11 is 0. The SMILES string of the molecule is COc1ccccc1C1CC(c2cccc(NS(C)(=O)=O)c2)=NN1S(C)(=O)=O. The molecule has 0 spiro atoms. The van der Waals surface area contributed by atoms with Crippen LogP contribution in [0.15, 0.2) is 53.6 Å². The molecule has 28 heavy (non-hydrogen) atoms. The number of nitrogens with zero attached hydrogens (tertiary/aromatic N) is 2. The van der Waals surface area contributed by atoms with Crippen molar-refractivity contribution in [3.8, 4) is 5.75 Å². The maximum absolute atomic E-state index is 12.3. The second-order valence-corrected chi connectivity index (χ2v) is 10.1. The smallest absolute Gasteiger partial charge is 0.247 e. The molecule has 2 aromatic carbocycles. The Hall–Kier alpha value is -2.59. The van der Waals surface area contributed by atoms with Crippen molar-refractivity contribution in [3.63, 3.8) is 0 Å². The molecule has 0 fully saturated rings. The normalized spacial score (nSPS) is 17.3. The summed E-state index contributed by atoms with van der Waals surface area (Å²) < 4.78 is 56.5. The van der Waals surface area contributed by atoms with Gasteiger partial charge in [-0.1, -0.05) is 30.3 Å². The molecule has 150 valence electrons. The van der Waals surface area contributed by atoms with Gasteiger partial charge in [0.1, 0.15) is 5.75 Å². The van der Waals surface area contributed by atoms with Crippen LogP contribution in [0.4, 0.5) is 5.69 Å². The molecule has 8 nitrogen and oxygen atoms in total. The molecule has 0 amide bonds. The molecule has 0 radical (unpaired) electrons. The molecule has 1 N–H and O–H groups in total. The average Bonchev–Trinajstić information content (AvgIpc) is 3.06. The highest BCUT2D eigenvalue weighted by molar-refractivity contribution is 7.92. The van der Waals surface area contributed by atoms with E-state index in [0.29, 0.717) is 34.7 Å². The number of hydrogen-bond donors (Lipinski definition) is 1. The standard InChI is InChI=1S/C18H21N3O5S2/c1-26-18-10-5-4-9-15(18)17-12-16(19-21(17)28(3,24)25)13-7-6-8-14(11-13)20-27(2,22)23/h4-11,17,20H,12H2,1-3H3. The zero-order chi connectivity index (χ0) is 20.5. The Morgan fingerprint density at radius 2 is 1.79 bits per heavy atom. The number of hydrazone groups is 1. The van der Waals surface area contributed by atoms with Crippen molar-refractivity contribution in [2.75, 3.05) is 24.3 Å². The van der Waals surface area contributed by atoms with Gasteiger partial charge in [0.05, 0.1) is 31.4 Å². The van der Waals surface area contributed by atoms with E-state index in [9.17, 15) is 16.8 Å². The first-order chi connectivity index (χ1) is 13.1. The average molecular weight is 424 g/mol. The molecule has 0 bridgehead atoms. The van der Waals surface area contributed by atoms with Crippen molar-refractivity contribution in [1.29, 1.82) is 0 Å². The summed E-state index contributed by atoms with van der Waals surface area (Å²) in [5.74, 6) is 0.574. The summed E-state index contributed by atoms with van der Waals surface area (Å²) in [5.41, 5.74) is 2.27. The predicted molar refractivity (Wildman–Crippen MR) is 108 cm³/mol. The molecular weight excluding hydrogens is 402 g/mol. The molecule has 10 heteroatoms. The zero-order valence-electron chi connectivity index (χ0n) is 15.7. The highest BCUT2D eigenvalue weighted by atomic mass is 32.2. The van der Waals surface area contributed by atoms with Crippen LogP contribution >= 0.6 is 0 Å². The molecule has 0 aromatic heterocycles. The minimum absolute atomic E-state index is 0.329. The summed E-state index contributed by atoms with van der Waals surface area (Å²) in [6.45, 7) is 0. The quantitative estimate of drug-likeness (QED) is 0.767. The van der Waals surface area contributed by atoms with Gasteiger partial charge >= 0.3 is 0 Å². The molecule has 1 heterocycles. The Labute approximate surface area is 164 Å². The van der Waals surface area contributed by atoms with E-state index in [1.165, 1.54) is 7.11 Å². The molecule has 0 aliphatic carbocycles. The van der Waals surface area contributed by atoms with Crippen molar-refractivity contribution in [2.24, 2.45) is 5.10 Å². The highest BCUT2D eigenvalue weighted by Crippen LogP contribution is 2.38. The van der Waals surface area contributed by atoms with Gasteiger partial charge in [-0.15, -0.1) is 0 Å². The lowest BCUT2D eigenvalue weighted by atomic mass is 9.98. The van der Waals surface area contributed by atoms with E-state index < -0.39 is 26.1 Å². The zero-order valence-corrected chi connectivity index (χ0v) is 17.3. The molecule has 1 unspecified atom stereocenters. The number of benzene rings is 2. The third-order valence-corrected chi connectivity index (χ3v) is 5.83. The van der Waals surface area contributed by atoms with Crippen LogP contribution in [0.2, 0.25) is 0 Å². The Morgan fingerprint density at radius 1 is 1.07 bits per heavy atom. The lowest BCUT2D eigenvalue weighted by Gasteiger charge is -2.23. The van der Waals surface area contributed by atoms with Crippen molar-refractivity contribution in [2.45, 2.75) is 12.5 Å². The second kappa shape index (κ2) is 7.44. The molecule has 3 rings (SSSR count). The summed E-state index contributed by atoms with van der Waals surface area (Å²) in [6.07, 6.45) is 2.50. The van der Waals surface area contributed by atoms with Gasteiger partial charge in [-0.3, -0.25) is 4.72 Å². The van der Waals surface area contributed by atoms with Crippen molar-refractivity contribution in [3.05, 3.63) is 59.7 Å². The van der Waals surface area contributed by atoms with Gasteiger partial charge in [-0.05, 0) is 23.8 Å². The maximum atomic E-state index is 12.3. The maximum Gasteiger partial charge on any atom is 0.247 e. The fourth-order valence-electron chi connectivity index (χ4n) is 3.12. The largest absolute Gasteiger partial charge is 0.496 e. The summed E-state index contributed by atoms with van der Waals surface area (Å²) in [5, 5.41) is 4.33. The van der Waals surface area contributed by atoms with Gasteiger partial charge in [0, 0.05) is 17.7 Å². The monoisotopic (exact) mass is 423 g/mol. The first-order valence-corrected chi connectivity index (χ1v) is 12.1. The van der Waals surface area contributed by atoms with Crippen LogP contribution in [0.3, 0.4) is 0 Å². The molecule has 0 saturated carbocycles. The Morgan fingerprint density at radius 3 is 2.43 bits per heavy atom. The number of ether oxygens (including phenoxy) is 1. The Bertz CT molecular complexity index is 1130. The first-order valence-electron chi connectivity index (χ1n) is 8.36. The highest BCUT2D eigenvalue weighted by Gasteiger charge is 2.36. The fraction of sp³-hybridized carbons (Fsp3) is 0.278. The number of sulfonamides is 2. The molecular formula is C18H21N3O5S2. The van der Waals surface area contributed by atoms with E-state index in [-0.39, 0.29) is 0 Å². The fourth-order valence-corrected chi connectivity index (χ4v) is 4.57. The van der Waals surface area contributed by atoms with Crippen LogP contribution in [0.5, 0.6) is 5.75 Å². The summed E-state index contributed by atoms with van der Waals surface area (Å²) in [7, 11) is -5.52. The van der Waals surface area contributed by atoms with E-state index in [2.05, 4.69) is 9.82 Å². The van der Waals surface area contributed by atoms with Gasteiger partial charge in [-0.25, -0.2) is 16.8 Å². The van der Waals surface area contributed by atoms with Crippen molar-refractivity contribution in [1.82, 2.24) is 4.41 Å².